The standard InChI is InChI=1S/C10H11NO2.Na/c1-2-7-11-9-5-3-8(4-6-9)10(12)13;/h2-6,11H,1,7H2,(H,12,13);/q;+1/p-1. The first-order chi connectivity index (χ1) is 6.24. The molecule has 0 aromatic heterocycles. The topological polar surface area (TPSA) is 52.2 Å². The Hall–Kier alpha value is -0.770. The Morgan fingerprint density at radius 3 is 2.43 bits per heavy atom. The summed E-state index contributed by atoms with van der Waals surface area (Å²) in [5.74, 6) is -1.16. The van der Waals surface area contributed by atoms with Crippen molar-refractivity contribution in [1.29, 1.82) is 0 Å². The fourth-order valence-corrected chi connectivity index (χ4v) is 0.914. The second-order valence-electron chi connectivity index (χ2n) is 2.53. The molecule has 0 amide bonds. The van der Waals surface area contributed by atoms with Crippen molar-refractivity contribution in [3.05, 3.63) is 42.5 Å². The number of hydrogen-bond acceptors (Lipinski definition) is 3. The van der Waals surface area contributed by atoms with Gasteiger partial charge in [0.05, 0.1) is 5.97 Å². The molecule has 14 heavy (non-hydrogen) atoms. The summed E-state index contributed by atoms with van der Waals surface area (Å²) in [5.41, 5.74) is 1.05. The van der Waals surface area contributed by atoms with Gasteiger partial charge in [0.15, 0.2) is 0 Å². The van der Waals surface area contributed by atoms with Crippen LogP contribution in [0.3, 0.4) is 0 Å². The van der Waals surface area contributed by atoms with Crippen molar-refractivity contribution < 1.29 is 39.5 Å². The van der Waals surface area contributed by atoms with Crippen LogP contribution in [0.25, 0.3) is 0 Å². The number of carbonyl (C=O) groups excluding carboxylic acids is 1. The molecule has 0 spiro atoms. The van der Waals surface area contributed by atoms with E-state index < -0.39 is 5.97 Å². The number of carboxylic acids is 1. The van der Waals surface area contributed by atoms with Crippen LogP contribution in [0.5, 0.6) is 0 Å². The van der Waals surface area contributed by atoms with Crippen molar-refractivity contribution in [1.82, 2.24) is 0 Å². The molecule has 0 radical (unpaired) electrons. The van der Waals surface area contributed by atoms with Crippen LogP contribution in [0.15, 0.2) is 36.9 Å². The van der Waals surface area contributed by atoms with E-state index in [1.165, 1.54) is 12.1 Å². The second kappa shape index (κ2) is 6.65. The van der Waals surface area contributed by atoms with Gasteiger partial charge in [-0.1, -0.05) is 18.2 Å². The number of nitrogens with one attached hydrogen (secondary N) is 1. The minimum atomic E-state index is -1.16. The molecule has 0 atom stereocenters. The molecule has 0 unspecified atom stereocenters. The number of aromatic carboxylic acids is 1. The smallest absolute Gasteiger partial charge is 0.545 e. The zero-order valence-corrected chi connectivity index (χ0v) is 10.1. The number of rotatable bonds is 4. The Kier molecular flexibility index (Phi) is 6.28. The molecule has 4 heteroatoms. The van der Waals surface area contributed by atoms with Gasteiger partial charge in [-0.05, 0) is 17.7 Å². The van der Waals surface area contributed by atoms with E-state index in [0.29, 0.717) is 6.54 Å². The van der Waals surface area contributed by atoms with E-state index in [9.17, 15) is 9.90 Å². The van der Waals surface area contributed by atoms with E-state index in [2.05, 4.69) is 11.9 Å². The molecule has 0 aliphatic carbocycles. The summed E-state index contributed by atoms with van der Waals surface area (Å²) >= 11 is 0. The summed E-state index contributed by atoms with van der Waals surface area (Å²) in [4.78, 5) is 10.4. The zero-order valence-electron chi connectivity index (χ0n) is 8.12. The molecule has 0 aliphatic heterocycles. The minimum absolute atomic E-state index is 0. The van der Waals surface area contributed by atoms with E-state index in [0.717, 1.165) is 5.69 Å². The predicted molar refractivity (Wildman–Crippen MR) is 49.5 cm³/mol. The third kappa shape index (κ3) is 3.96. The maximum Gasteiger partial charge on any atom is 1.00 e. The quantitative estimate of drug-likeness (QED) is 0.436. The summed E-state index contributed by atoms with van der Waals surface area (Å²) in [6.07, 6.45) is 1.73. The molecule has 0 aliphatic rings. The monoisotopic (exact) mass is 199 g/mol. The fourth-order valence-electron chi connectivity index (χ4n) is 0.914. The van der Waals surface area contributed by atoms with Crippen LogP contribution in [0, 0.1) is 0 Å². The van der Waals surface area contributed by atoms with Crippen molar-refractivity contribution in [3.8, 4) is 0 Å². The number of carboxylic acid groups (broad SMARTS) is 1. The van der Waals surface area contributed by atoms with Crippen LogP contribution in [-0.4, -0.2) is 12.5 Å². The Labute approximate surface area is 105 Å². The molecular formula is C10H10NNaO2. The van der Waals surface area contributed by atoms with Crippen molar-refractivity contribution >= 4 is 11.7 Å². The van der Waals surface area contributed by atoms with Gasteiger partial charge in [0, 0.05) is 12.2 Å². The molecule has 3 nitrogen and oxygen atoms in total. The van der Waals surface area contributed by atoms with Crippen molar-refractivity contribution in [2.75, 3.05) is 11.9 Å². The van der Waals surface area contributed by atoms with Crippen LogP contribution < -0.4 is 40.0 Å². The van der Waals surface area contributed by atoms with Gasteiger partial charge in [-0.3, -0.25) is 0 Å². The first kappa shape index (κ1) is 13.2. The van der Waals surface area contributed by atoms with Gasteiger partial charge in [-0.2, -0.15) is 0 Å². The van der Waals surface area contributed by atoms with Crippen LogP contribution in [-0.2, 0) is 0 Å². The summed E-state index contributed by atoms with van der Waals surface area (Å²) in [5, 5.41) is 13.4. The first-order valence-electron chi connectivity index (χ1n) is 3.90. The average Bonchev–Trinajstić information content (AvgIpc) is 2.15. The van der Waals surface area contributed by atoms with Gasteiger partial charge in [0.1, 0.15) is 0 Å². The molecule has 0 saturated heterocycles. The van der Waals surface area contributed by atoms with E-state index in [1.807, 2.05) is 0 Å². The third-order valence-electron chi connectivity index (χ3n) is 1.57. The Bertz CT molecular complexity index is 308. The number of benzene rings is 1. The maximum atomic E-state index is 10.4. The molecular weight excluding hydrogens is 189 g/mol. The average molecular weight is 199 g/mol. The minimum Gasteiger partial charge on any atom is -0.545 e. The molecule has 0 fully saturated rings. The molecule has 1 rings (SSSR count). The van der Waals surface area contributed by atoms with Crippen LogP contribution in [0.4, 0.5) is 5.69 Å². The zero-order chi connectivity index (χ0) is 9.68. The summed E-state index contributed by atoms with van der Waals surface area (Å²) in [6, 6.07) is 6.38. The summed E-state index contributed by atoms with van der Waals surface area (Å²) in [6.45, 7) is 4.21. The van der Waals surface area contributed by atoms with Gasteiger partial charge in [0.25, 0.3) is 0 Å². The van der Waals surface area contributed by atoms with Gasteiger partial charge in [-0.15, -0.1) is 6.58 Å². The Morgan fingerprint density at radius 1 is 1.43 bits per heavy atom. The van der Waals surface area contributed by atoms with Crippen LogP contribution in [0.2, 0.25) is 0 Å². The molecule has 0 heterocycles. The molecule has 1 aromatic carbocycles. The van der Waals surface area contributed by atoms with E-state index in [-0.39, 0.29) is 35.1 Å². The van der Waals surface area contributed by atoms with Crippen molar-refractivity contribution in [2.24, 2.45) is 0 Å². The molecule has 1 N–H and O–H groups in total. The van der Waals surface area contributed by atoms with Crippen molar-refractivity contribution in [2.45, 2.75) is 0 Å². The molecule has 1 aromatic rings. The normalized spacial score (nSPS) is 8.57. The van der Waals surface area contributed by atoms with Gasteiger partial charge >= 0.3 is 29.6 Å². The fraction of sp³-hybridized carbons (Fsp3) is 0.100. The number of carbonyl (C=O) groups is 1. The van der Waals surface area contributed by atoms with Gasteiger partial charge in [-0.25, -0.2) is 0 Å². The van der Waals surface area contributed by atoms with Crippen LogP contribution in [0.1, 0.15) is 10.4 Å². The Balaban J connectivity index is 0.00000169. The molecule has 68 valence electrons. The Morgan fingerprint density at radius 2 is 2.00 bits per heavy atom. The van der Waals surface area contributed by atoms with Gasteiger partial charge < -0.3 is 15.2 Å². The number of anilines is 1. The van der Waals surface area contributed by atoms with E-state index >= 15 is 0 Å². The molecule has 0 saturated carbocycles. The SMILES string of the molecule is C=CCNc1ccc(C(=O)[O-])cc1.[Na+]. The summed E-state index contributed by atoms with van der Waals surface area (Å²) in [7, 11) is 0. The van der Waals surface area contributed by atoms with E-state index in [1.54, 1.807) is 18.2 Å². The number of hydrogen-bond donors (Lipinski definition) is 1. The van der Waals surface area contributed by atoms with Gasteiger partial charge in [0.2, 0.25) is 0 Å². The maximum absolute atomic E-state index is 10.4. The van der Waals surface area contributed by atoms with Crippen LogP contribution >= 0.6 is 0 Å². The summed E-state index contributed by atoms with van der Waals surface area (Å²) < 4.78 is 0. The second-order valence-corrected chi connectivity index (χ2v) is 2.53. The van der Waals surface area contributed by atoms with E-state index in [4.69, 9.17) is 0 Å². The predicted octanol–water partition coefficient (Wildman–Crippen LogP) is -2.35. The molecule has 0 bridgehead atoms. The largest absolute Gasteiger partial charge is 1.00 e. The first-order valence-corrected chi connectivity index (χ1v) is 3.90. The van der Waals surface area contributed by atoms with Crippen molar-refractivity contribution in [3.63, 3.8) is 0 Å². The third-order valence-corrected chi connectivity index (χ3v) is 1.57.